The van der Waals surface area contributed by atoms with Crippen LogP contribution in [0.15, 0.2) is 34.5 Å². The molecule has 0 bridgehead atoms. The van der Waals surface area contributed by atoms with Crippen molar-refractivity contribution in [2.24, 2.45) is 5.73 Å². The average molecular weight is 321 g/mol. The van der Waals surface area contributed by atoms with E-state index in [0.29, 0.717) is 0 Å². The van der Waals surface area contributed by atoms with Crippen LogP contribution in [0.4, 0.5) is 10.1 Å². The van der Waals surface area contributed by atoms with Gasteiger partial charge in [0.2, 0.25) is 0 Å². The molecule has 2 rings (SSSR count). The van der Waals surface area contributed by atoms with E-state index >= 15 is 0 Å². The largest absolute Gasteiger partial charge is 0.326 e. The Bertz CT molecular complexity index is 700. The van der Waals surface area contributed by atoms with Gasteiger partial charge in [-0.15, -0.1) is 11.3 Å². The third kappa shape index (κ3) is 3.24. The molecule has 0 aliphatic heterocycles. The molecule has 0 spiro atoms. The first-order valence-corrected chi connectivity index (χ1v) is 7.92. The molecule has 0 unspecified atom stereocenters. The molecule has 1 heterocycles. The summed E-state index contributed by atoms with van der Waals surface area (Å²) < 4.78 is 39.5. The van der Waals surface area contributed by atoms with E-state index in [1.165, 1.54) is 28.8 Å². The quantitative estimate of drug-likeness (QED) is 0.910. The lowest BCUT2D eigenvalue weighted by Crippen LogP contribution is -2.12. The SMILES string of the molecule is NCc1cc(S(=O)(=O)Nc2cc(F)ccc2Cl)cs1. The van der Waals surface area contributed by atoms with Crippen LogP contribution in [0, 0.1) is 5.82 Å². The first kappa shape index (κ1) is 14.3. The lowest BCUT2D eigenvalue weighted by Gasteiger charge is -2.08. The van der Waals surface area contributed by atoms with Gasteiger partial charge in [0, 0.05) is 16.8 Å². The number of thiophene rings is 1. The summed E-state index contributed by atoms with van der Waals surface area (Å²) in [5, 5.41) is 1.59. The minimum atomic E-state index is -3.79. The predicted molar refractivity (Wildman–Crippen MR) is 74.4 cm³/mol. The van der Waals surface area contributed by atoms with Crippen molar-refractivity contribution in [2.75, 3.05) is 4.72 Å². The van der Waals surface area contributed by atoms with E-state index in [1.54, 1.807) is 0 Å². The van der Waals surface area contributed by atoms with Crippen molar-refractivity contribution in [2.45, 2.75) is 11.4 Å². The highest BCUT2D eigenvalue weighted by molar-refractivity contribution is 7.92. The minimum Gasteiger partial charge on any atom is -0.326 e. The van der Waals surface area contributed by atoms with Gasteiger partial charge in [0.1, 0.15) is 5.82 Å². The molecule has 19 heavy (non-hydrogen) atoms. The third-order valence-electron chi connectivity index (χ3n) is 2.31. The fraction of sp³-hybridized carbons (Fsp3) is 0.0909. The number of nitrogens with one attached hydrogen (secondary N) is 1. The van der Waals surface area contributed by atoms with Crippen molar-refractivity contribution in [3.63, 3.8) is 0 Å². The Morgan fingerprint density at radius 2 is 2.11 bits per heavy atom. The Morgan fingerprint density at radius 1 is 1.37 bits per heavy atom. The molecule has 0 fully saturated rings. The Morgan fingerprint density at radius 3 is 2.74 bits per heavy atom. The molecule has 0 radical (unpaired) electrons. The van der Waals surface area contributed by atoms with Crippen molar-refractivity contribution >= 4 is 38.6 Å². The van der Waals surface area contributed by atoms with Gasteiger partial charge in [-0.3, -0.25) is 4.72 Å². The zero-order valence-electron chi connectivity index (χ0n) is 9.56. The van der Waals surface area contributed by atoms with Crippen LogP contribution < -0.4 is 10.5 Å². The van der Waals surface area contributed by atoms with Gasteiger partial charge >= 0.3 is 0 Å². The van der Waals surface area contributed by atoms with Crippen molar-refractivity contribution < 1.29 is 12.8 Å². The highest BCUT2D eigenvalue weighted by atomic mass is 35.5. The molecule has 0 saturated heterocycles. The molecule has 1 aromatic carbocycles. The minimum absolute atomic E-state index is 0.00200. The molecule has 3 N–H and O–H groups in total. The van der Waals surface area contributed by atoms with Gasteiger partial charge in [-0.05, 0) is 24.3 Å². The predicted octanol–water partition coefficient (Wildman–Crippen LogP) is 2.80. The topological polar surface area (TPSA) is 72.2 Å². The summed E-state index contributed by atoms with van der Waals surface area (Å²) >= 11 is 7.05. The number of sulfonamides is 1. The molecular formula is C11H10ClFN2O2S2. The lowest BCUT2D eigenvalue weighted by molar-refractivity contribution is 0.601. The van der Waals surface area contributed by atoms with Crippen molar-refractivity contribution in [3.05, 3.63) is 45.4 Å². The Kier molecular flexibility index (Phi) is 4.10. The second-order valence-corrected chi connectivity index (χ2v) is 6.77. The van der Waals surface area contributed by atoms with Gasteiger partial charge in [-0.25, -0.2) is 12.8 Å². The second-order valence-electron chi connectivity index (χ2n) is 3.68. The summed E-state index contributed by atoms with van der Waals surface area (Å²) in [5.74, 6) is -0.574. The lowest BCUT2D eigenvalue weighted by atomic mass is 10.3. The molecule has 0 saturated carbocycles. The summed E-state index contributed by atoms with van der Waals surface area (Å²) in [7, 11) is -3.79. The summed E-state index contributed by atoms with van der Waals surface area (Å²) in [4.78, 5) is 0.823. The summed E-state index contributed by atoms with van der Waals surface area (Å²) in [6, 6.07) is 4.93. The molecule has 1 aromatic heterocycles. The van der Waals surface area contributed by atoms with Crippen LogP contribution in [0.3, 0.4) is 0 Å². The van der Waals surface area contributed by atoms with Crippen LogP contribution in [-0.4, -0.2) is 8.42 Å². The molecule has 102 valence electrons. The van der Waals surface area contributed by atoms with Gasteiger partial charge in [-0.2, -0.15) is 0 Å². The first-order chi connectivity index (χ1) is 8.92. The van der Waals surface area contributed by atoms with Crippen molar-refractivity contribution in [1.29, 1.82) is 0 Å². The molecule has 4 nitrogen and oxygen atoms in total. The van der Waals surface area contributed by atoms with Gasteiger partial charge in [0.25, 0.3) is 10.0 Å². The highest BCUT2D eigenvalue weighted by Crippen LogP contribution is 2.27. The summed E-state index contributed by atoms with van der Waals surface area (Å²) in [6.45, 7) is 0.265. The van der Waals surface area contributed by atoms with E-state index < -0.39 is 15.8 Å². The molecule has 8 heteroatoms. The maximum Gasteiger partial charge on any atom is 0.262 e. The maximum absolute atomic E-state index is 13.1. The van der Waals surface area contributed by atoms with Gasteiger partial charge in [0.05, 0.1) is 15.6 Å². The number of rotatable bonds is 4. The van der Waals surface area contributed by atoms with Gasteiger partial charge in [-0.1, -0.05) is 11.6 Å². The second kappa shape index (κ2) is 5.46. The molecular weight excluding hydrogens is 311 g/mol. The normalized spacial score (nSPS) is 11.5. The molecule has 2 aromatic rings. The van der Waals surface area contributed by atoms with E-state index in [4.69, 9.17) is 17.3 Å². The van der Waals surface area contributed by atoms with Gasteiger partial charge < -0.3 is 5.73 Å². The number of hydrogen-bond acceptors (Lipinski definition) is 4. The van der Waals surface area contributed by atoms with Crippen LogP contribution >= 0.6 is 22.9 Å². The van der Waals surface area contributed by atoms with E-state index in [-0.39, 0.29) is 22.2 Å². The zero-order valence-corrected chi connectivity index (χ0v) is 11.9. The maximum atomic E-state index is 13.1. The Labute approximate surface area is 119 Å². The number of nitrogens with two attached hydrogens (primary N) is 1. The van der Waals surface area contributed by atoms with Crippen LogP contribution in [0.5, 0.6) is 0 Å². The Balaban J connectivity index is 2.33. The third-order valence-corrected chi connectivity index (χ3v) is 5.10. The van der Waals surface area contributed by atoms with Gasteiger partial charge in [0.15, 0.2) is 0 Å². The number of benzene rings is 1. The van der Waals surface area contributed by atoms with Crippen LogP contribution in [-0.2, 0) is 16.6 Å². The smallest absolute Gasteiger partial charge is 0.262 e. The van der Waals surface area contributed by atoms with E-state index in [0.717, 1.165) is 17.0 Å². The fourth-order valence-corrected chi connectivity index (χ4v) is 3.83. The Hall–Kier alpha value is -1.15. The fourth-order valence-electron chi connectivity index (χ4n) is 1.39. The zero-order chi connectivity index (χ0) is 14.0. The van der Waals surface area contributed by atoms with Crippen molar-refractivity contribution in [1.82, 2.24) is 0 Å². The van der Waals surface area contributed by atoms with Crippen LogP contribution in [0.25, 0.3) is 0 Å². The van der Waals surface area contributed by atoms with Crippen LogP contribution in [0.1, 0.15) is 4.88 Å². The molecule has 0 aliphatic carbocycles. The average Bonchev–Trinajstić information content (AvgIpc) is 2.83. The molecule has 0 atom stereocenters. The van der Waals surface area contributed by atoms with Crippen molar-refractivity contribution in [3.8, 4) is 0 Å². The van der Waals surface area contributed by atoms with E-state index in [2.05, 4.69) is 4.72 Å². The van der Waals surface area contributed by atoms with E-state index in [9.17, 15) is 12.8 Å². The van der Waals surface area contributed by atoms with Crippen LogP contribution in [0.2, 0.25) is 5.02 Å². The number of anilines is 1. The number of halogens is 2. The monoisotopic (exact) mass is 320 g/mol. The highest BCUT2D eigenvalue weighted by Gasteiger charge is 2.17. The van der Waals surface area contributed by atoms with E-state index in [1.807, 2.05) is 0 Å². The summed E-state index contributed by atoms with van der Waals surface area (Å²) in [5.41, 5.74) is 5.43. The standard InChI is InChI=1S/C11H10ClFN2O2S2/c12-10-2-1-7(13)3-11(10)15-19(16,17)9-4-8(5-14)18-6-9/h1-4,6,15H,5,14H2. The number of hydrogen-bond donors (Lipinski definition) is 2. The summed E-state index contributed by atoms with van der Waals surface area (Å²) in [6.07, 6.45) is 0. The molecule has 0 aliphatic rings. The first-order valence-electron chi connectivity index (χ1n) is 5.18. The molecule has 0 amide bonds.